The molecule has 1 aromatic rings. The predicted molar refractivity (Wildman–Crippen MR) is 112 cm³/mol. The van der Waals surface area contributed by atoms with Crippen molar-refractivity contribution in [3.8, 4) is 0 Å². The molecule has 0 radical (unpaired) electrons. The van der Waals surface area contributed by atoms with Crippen LogP contribution < -0.4 is 16.0 Å². The van der Waals surface area contributed by atoms with Gasteiger partial charge in [-0.15, -0.1) is 0 Å². The molecule has 3 amide bonds. The van der Waals surface area contributed by atoms with Gasteiger partial charge in [-0.05, 0) is 38.5 Å². The van der Waals surface area contributed by atoms with Gasteiger partial charge < -0.3 is 20.9 Å². The lowest BCUT2D eigenvalue weighted by molar-refractivity contribution is -0.128. The lowest BCUT2D eigenvalue weighted by Crippen LogP contribution is -2.45. The standard InChI is InChI=1S/C21H33N5O3/c1-25(16-18-8-4-2-5-9-18)13-10-22-19(27)14-23-20(28)15-24-21(29)17-26-11-6-3-7-12-26/h2,4-5,8-9H,3,6-7,10-17H2,1H3,(H,22,27)(H,23,28)(H,24,29). The second-order valence-corrected chi connectivity index (χ2v) is 7.46. The largest absolute Gasteiger partial charge is 0.353 e. The maximum absolute atomic E-state index is 11.9. The van der Waals surface area contributed by atoms with Crippen LogP contribution in [0.1, 0.15) is 24.8 Å². The fraction of sp³-hybridized carbons (Fsp3) is 0.571. The summed E-state index contributed by atoms with van der Waals surface area (Å²) in [6.07, 6.45) is 3.45. The SMILES string of the molecule is CN(CCNC(=O)CNC(=O)CNC(=O)CN1CCCCC1)Cc1ccccc1. The van der Waals surface area contributed by atoms with E-state index in [1.807, 2.05) is 25.2 Å². The van der Waals surface area contributed by atoms with Crippen molar-refractivity contribution < 1.29 is 14.4 Å². The van der Waals surface area contributed by atoms with Crippen LogP contribution in [0.25, 0.3) is 0 Å². The smallest absolute Gasteiger partial charge is 0.239 e. The number of carbonyl (C=O) groups is 3. The maximum atomic E-state index is 11.9. The van der Waals surface area contributed by atoms with Gasteiger partial charge in [0, 0.05) is 19.6 Å². The summed E-state index contributed by atoms with van der Waals surface area (Å²) in [5.41, 5.74) is 1.22. The third kappa shape index (κ3) is 10.0. The molecule has 0 unspecified atom stereocenters. The minimum Gasteiger partial charge on any atom is -0.353 e. The van der Waals surface area contributed by atoms with Crippen LogP contribution in [-0.4, -0.2) is 80.4 Å². The highest BCUT2D eigenvalue weighted by atomic mass is 16.2. The number of nitrogens with zero attached hydrogens (tertiary/aromatic N) is 2. The molecule has 29 heavy (non-hydrogen) atoms. The summed E-state index contributed by atoms with van der Waals surface area (Å²) >= 11 is 0. The Morgan fingerprint density at radius 2 is 1.52 bits per heavy atom. The zero-order chi connectivity index (χ0) is 20.9. The normalized spacial score (nSPS) is 14.4. The highest BCUT2D eigenvalue weighted by Gasteiger charge is 2.14. The van der Waals surface area contributed by atoms with Gasteiger partial charge in [0.15, 0.2) is 0 Å². The summed E-state index contributed by atoms with van der Waals surface area (Å²) in [6.45, 7) is 4.00. The average molecular weight is 404 g/mol. The van der Waals surface area contributed by atoms with Gasteiger partial charge in [-0.2, -0.15) is 0 Å². The number of nitrogens with one attached hydrogen (secondary N) is 3. The average Bonchev–Trinajstić information content (AvgIpc) is 2.72. The van der Waals surface area contributed by atoms with Crippen molar-refractivity contribution in [3.05, 3.63) is 35.9 Å². The van der Waals surface area contributed by atoms with Crippen molar-refractivity contribution in [2.24, 2.45) is 0 Å². The summed E-state index contributed by atoms with van der Waals surface area (Å²) in [5, 5.41) is 7.91. The van der Waals surface area contributed by atoms with Crippen LogP contribution in [0.5, 0.6) is 0 Å². The molecule has 8 nitrogen and oxygen atoms in total. The van der Waals surface area contributed by atoms with Gasteiger partial charge in [0.05, 0.1) is 19.6 Å². The van der Waals surface area contributed by atoms with Gasteiger partial charge in [0.25, 0.3) is 0 Å². The molecule has 8 heteroatoms. The quantitative estimate of drug-likeness (QED) is 0.482. The van der Waals surface area contributed by atoms with Gasteiger partial charge in [-0.1, -0.05) is 36.8 Å². The molecule has 0 bridgehead atoms. The minimum absolute atomic E-state index is 0.0940. The number of benzene rings is 1. The van der Waals surface area contributed by atoms with Crippen molar-refractivity contribution in [1.29, 1.82) is 0 Å². The van der Waals surface area contributed by atoms with Gasteiger partial charge in [-0.3, -0.25) is 19.3 Å². The van der Waals surface area contributed by atoms with Crippen LogP contribution in [-0.2, 0) is 20.9 Å². The molecule has 1 aromatic carbocycles. The molecule has 2 rings (SSSR count). The van der Waals surface area contributed by atoms with Crippen LogP contribution >= 0.6 is 0 Å². The number of hydrogen-bond acceptors (Lipinski definition) is 5. The van der Waals surface area contributed by atoms with E-state index >= 15 is 0 Å². The van der Waals surface area contributed by atoms with E-state index in [1.54, 1.807) is 0 Å². The van der Waals surface area contributed by atoms with E-state index in [2.05, 4.69) is 37.9 Å². The van der Waals surface area contributed by atoms with E-state index in [4.69, 9.17) is 0 Å². The summed E-state index contributed by atoms with van der Waals surface area (Å²) in [5.74, 6) is -0.771. The maximum Gasteiger partial charge on any atom is 0.239 e. The summed E-state index contributed by atoms with van der Waals surface area (Å²) in [4.78, 5) is 39.7. The van der Waals surface area contributed by atoms with E-state index in [0.29, 0.717) is 19.6 Å². The third-order valence-corrected chi connectivity index (χ3v) is 4.82. The Morgan fingerprint density at radius 1 is 0.897 bits per heavy atom. The van der Waals surface area contributed by atoms with Crippen molar-refractivity contribution in [2.75, 3.05) is 52.9 Å². The van der Waals surface area contributed by atoms with Gasteiger partial charge in [0.1, 0.15) is 0 Å². The molecule has 1 heterocycles. The van der Waals surface area contributed by atoms with Crippen molar-refractivity contribution in [2.45, 2.75) is 25.8 Å². The highest BCUT2D eigenvalue weighted by molar-refractivity contribution is 5.88. The molecule has 0 aromatic heterocycles. The van der Waals surface area contributed by atoms with Gasteiger partial charge in [0.2, 0.25) is 17.7 Å². The van der Waals surface area contributed by atoms with E-state index in [9.17, 15) is 14.4 Å². The first-order chi connectivity index (χ1) is 14.0. The lowest BCUT2D eigenvalue weighted by atomic mass is 10.1. The zero-order valence-corrected chi connectivity index (χ0v) is 17.3. The Morgan fingerprint density at radius 3 is 2.21 bits per heavy atom. The minimum atomic E-state index is -0.367. The number of rotatable bonds is 11. The third-order valence-electron chi connectivity index (χ3n) is 4.82. The van der Waals surface area contributed by atoms with Crippen molar-refractivity contribution >= 4 is 17.7 Å². The summed E-state index contributed by atoms with van der Waals surface area (Å²) < 4.78 is 0. The fourth-order valence-corrected chi connectivity index (χ4v) is 3.22. The number of piperidine rings is 1. The van der Waals surface area contributed by atoms with Crippen molar-refractivity contribution in [1.82, 2.24) is 25.8 Å². The molecule has 160 valence electrons. The molecular weight excluding hydrogens is 370 g/mol. The van der Waals surface area contributed by atoms with Crippen LogP contribution in [0.15, 0.2) is 30.3 Å². The molecule has 0 spiro atoms. The second kappa shape index (κ2) is 12.9. The Kier molecular flexibility index (Phi) is 10.2. The Balaban J connectivity index is 1.50. The monoisotopic (exact) mass is 403 g/mol. The van der Waals surface area contributed by atoms with Crippen LogP contribution in [0.4, 0.5) is 0 Å². The Hall–Kier alpha value is -2.45. The molecule has 0 atom stereocenters. The molecular formula is C21H33N5O3. The highest BCUT2D eigenvalue weighted by Crippen LogP contribution is 2.07. The molecule has 0 aliphatic carbocycles. The first kappa shape index (κ1) is 22.8. The number of likely N-dealkylation sites (tertiary alicyclic amines) is 1. The molecule has 1 aliphatic rings. The topological polar surface area (TPSA) is 93.8 Å². The summed E-state index contributed by atoms with van der Waals surface area (Å²) in [7, 11) is 1.99. The number of amides is 3. The molecule has 0 saturated carbocycles. The molecule has 1 aliphatic heterocycles. The molecule has 1 fully saturated rings. The first-order valence-electron chi connectivity index (χ1n) is 10.3. The first-order valence-corrected chi connectivity index (χ1v) is 10.3. The predicted octanol–water partition coefficient (Wildman–Crippen LogP) is -0.0471. The number of hydrogen-bond donors (Lipinski definition) is 3. The number of carbonyl (C=O) groups excluding carboxylic acids is 3. The molecule has 3 N–H and O–H groups in total. The van der Waals surface area contributed by atoms with Gasteiger partial charge >= 0.3 is 0 Å². The van der Waals surface area contributed by atoms with Crippen molar-refractivity contribution in [3.63, 3.8) is 0 Å². The fourth-order valence-electron chi connectivity index (χ4n) is 3.22. The zero-order valence-electron chi connectivity index (χ0n) is 17.3. The van der Waals surface area contributed by atoms with E-state index in [1.165, 1.54) is 12.0 Å². The van der Waals surface area contributed by atoms with Crippen LogP contribution in [0.2, 0.25) is 0 Å². The summed E-state index contributed by atoms with van der Waals surface area (Å²) in [6, 6.07) is 10.1. The van der Waals surface area contributed by atoms with E-state index in [-0.39, 0.29) is 30.8 Å². The van der Waals surface area contributed by atoms with Crippen LogP contribution in [0, 0.1) is 0 Å². The van der Waals surface area contributed by atoms with Gasteiger partial charge in [-0.25, -0.2) is 0 Å². The van der Waals surface area contributed by atoms with Crippen LogP contribution in [0.3, 0.4) is 0 Å². The lowest BCUT2D eigenvalue weighted by Gasteiger charge is -2.25. The Bertz CT molecular complexity index is 647. The Labute approximate surface area is 173 Å². The van der Waals surface area contributed by atoms with E-state index in [0.717, 1.165) is 32.5 Å². The second-order valence-electron chi connectivity index (χ2n) is 7.46. The molecule has 1 saturated heterocycles. The number of likely N-dealkylation sites (N-methyl/N-ethyl adjacent to an activating group) is 1. The van der Waals surface area contributed by atoms with E-state index < -0.39 is 0 Å².